The molecule has 1 aliphatic carbocycles. The van der Waals surface area contributed by atoms with Gasteiger partial charge in [0.05, 0.1) is 11.7 Å². The molecule has 3 heteroatoms. The number of hydrogen-bond donors (Lipinski definition) is 1. The Kier molecular flexibility index (Phi) is 3.39. The fourth-order valence-electron chi connectivity index (χ4n) is 2.99. The number of aromatic nitrogens is 1. The summed E-state index contributed by atoms with van der Waals surface area (Å²) in [5, 5.41) is 3.43. The topological polar surface area (TPSA) is 28.2 Å². The molecule has 1 aromatic heterocycles. The Morgan fingerprint density at radius 2 is 2.06 bits per heavy atom. The SMILES string of the molecule is c1ccc([C@@H](C2CCC2)N2CCNCC2)nc1. The van der Waals surface area contributed by atoms with Crippen LogP contribution < -0.4 is 5.32 Å². The lowest BCUT2D eigenvalue weighted by atomic mass is 9.77. The fourth-order valence-corrected chi connectivity index (χ4v) is 2.99. The maximum Gasteiger partial charge on any atom is 0.0578 e. The average Bonchev–Trinajstić information content (AvgIpc) is 2.36. The highest BCUT2D eigenvalue weighted by atomic mass is 15.2. The van der Waals surface area contributed by atoms with E-state index in [1.807, 2.05) is 12.3 Å². The van der Waals surface area contributed by atoms with Crippen LogP contribution in [0.2, 0.25) is 0 Å². The molecule has 3 nitrogen and oxygen atoms in total. The minimum absolute atomic E-state index is 0.562. The van der Waals surface area contributed by atoms with Gasteiger partial charge in [-0.15, -0.1) is 0 Å². The highest BCUT2D eigenvalue weighted by molar-refractivity contribution is 5.11. The van der Waals surface area contributed by atoms with Gasteiger partial charge in [-0.25, -0.2) is 0 Å². The lowest BCUT2D eigenvalue weighted by molar-refractivity contribution is 0.0809. The first kappa shape index (κ1) is 11.2. The van der Waals surface area contributed by atoms with Crippen LogP contribution in [0.15, 0.2) is 24.4 Å². The third kappa shape index (κ3) is 2.35. The summed E-state index contributed by atoms with van der Waals surface area (Å²) >= 11 is 0. The van der Waals surface area contributed by atoms with Crippen molar-refractivity contribution >= 4 is 0 Å². The molecule has 2 heterocycles. The van der Waals surface area contributed by atoms with E-state index in [-0.39, 0.29) is 0 Å². The van der Waals surface area contributed by atoms with Gasteiger partial charge < -0.3 is 5.32 Å². The zero-order valence-electron chi connectivity index (χ0n) is 10.3. The maximum absolute atomic E-state index is 4.60. The summed E-state index contributed by atoms with van der Waals surface area (Å²) < 4.78 is 0. The monoisotopic (exact) mass is 231 g/mol. The molecule has 1 N–H and O–H groups in total. The van der Waals surface area contributed by atoms with E-state index in [0.717, 1.165) is 32.1 Å². The van der Waals surface area contributed by atoms with Crippen molar-refractivity contribution in [1.82, 2.24) is 15.2 Å². The van der Waals surface area contributed by atoms with E-state index in [2.05, 4.69) is 27.3 Å². The quantitative estimate of drug-likeness (QED) is 0.860. The summed E-state index contributed by atoms with van der Waals surface area (Å²) in [6.07, 6.45) is 6.10. The molecule has 1 atom stereocenters. The van der Waals surface area contributed by atoms with Crippen molar-refractivity contribution in [3.63, 3.8) is 0 Å². The highest BCUT2D eigenvalue weighted by Gasteiger charge is 2.34. The van der Waals surface area contributed by atoms with Crippen molar-refractivity contribution in [1.29, 1.82) is 0 Å². The summed E-state index contributed by atoms with van der Waals surface area (Å²) in [6.45, 7) is 4.57. The second kappa shape index (κ2) is 5.15. The van der Waals surface area contributed by atoms with E-state index in [4.69, 9.17) is 0 Å². The van der Waals surface area contributed by atoms with Gasteiger partial charge in [0.1, 0.15) is 0 Å². The van der Waals surface area contributed by atoms with Crippen molar-refractivity contribution in [2.45, 2.75) is 25.3 Å². The van der Waals surface area contributed by atoms with Gasteiger partial charge in [0.25, 0.3) is 0 Å². The summed E-state index contributed by atoms with van der Waals surface area (Å²) in [5.41, 5.74) is 1.28. The largest absolute Gasteiger partial charge is 0.314 e. The molecule has 92 valence electrons. The first-order chi connectivity index (χ1) is 8.45. The van der Waals surface area contributed by atoms with E-state index >= 15 is 0 Å². The van der Waals surface area contributed by atoms with E-state index < -0.39 is 0 Å². The van der Waals surface area contributed by atoms with Crippen molar-refractivity contribution in [2.24, 2.45) is 5.92 Å². The molecule has 2 fully saturated rings. The van der Waals surface area contributed by atoms with Crippen LogP contribution in [-0.2, 0) is 0 Å². The van der Waals surface area contributed by atoms with E-state index in [0.29, 0.717) is 6.04 Å². The zero-order chi connectivity index (χ0) is 11.5. The number of nitrogens with zero attached hydrogens (tertiary/aromatic N) is 2. The van der Waals surface area contributed by atoms with E-state index in [1.54, 1.807) is 0 Å². The second-order valence-electron chi connectivity index (χ2n) is 5.18. The number of hydrogen-bond acceptors (Lipinski definition) is 3. The van der Waals surface area contributed by atoms with Crippen LogP contribution in [0.4, 0.5) is 0 Å². The first-order valence-electron chi connectivity index (χ1n) is 6.81. The number of nitrogens with one attached hydrogen (secondary N) is 1. The Morgan fingerprint density at radius 1 is 1.24 bits per heavy atom. The molecule has 1 aromatic rings. The molecular formula is C14H21N3. The summed E-state index contributed by atoms with van der Waals surface area (Å²) in [7, 11) is 0. The molecule has 0 amide bonds. The normalized spacial score (nSPS) is 24.2. The molecule has 0 bridgehead atoms. The van der Waals surface area contributed by atoms with E-state index in [9.17, 15) is 0 Å². The fraction of sp³-hybridized carbons (Fsp3) is 0.643. The van der Waals surface area contributed by atoms with Crippen molar-refractivity contribution in [2.75, 3.05) is 26.2 Å². The summed E-state index contributed by atoms with van der Waals surface area (Å²) in [4.78, 5) is 7.22. The molecule has 1 saturated carbocycles. The van der Waals surface area contributed by atoms with Crippen LogP contribution in [0.25, 0.3) is 0 Å². The first-order valence-corrected chi connectivity index (χ1v) is 6.81. The van der Waals surface area contributed by atoms with Crippen molar-refractivity contribution in [3.8, 4) is 0 Å². The molecule has 0 radical (unpaired) electrons. The van der Waals surface area contributed by atoms with Gasteiger partial charge in [-0.1, -0.05) is 12.5 Å². The molecule has 0 aromatic carbocycles. The average molecular weight is 231 g/mol. The van der Waals surface area contributed by atoms with Crippen LogP contribution in [0.3, 0.4) is 0 Å². The van der Waals surface area contributed by atoms with Gasteiger partial charge in [-0.3, -0.25) is 9.88 Å². The van der Waals surface area contributed by atoms with Gasteiger partial charge in [0.2, 0.25) is 0 Å². The van der Waals surface area contributed by atoms with Gasteiger partial charge in [0, 0.05) is 32.4 Å². The molecule has 0 spiro atoms. The van der Waals surface area contributed by atoms with Gasteiger partial charge in [-0.05, 0) is 30.9 Å². The second-order valence-corrected chi connectivity index (χ2v) is 5.18. The Labute approximate surface area is 103 Å². The van der Waals surface area contributed by atoms with Crippen LogP contribution in [0, 0.1) is 5.92 Å². The molecule has 17 heavy (non-hydrogen) atoms. The number of rotatable bonds is 3. The number of pyridine rings is 1. The lowest BCUT2D eigenvalue weighted by Crippen LogP contribution is -2.48. The molecule has 1 saturated heterocycles. The molecular weight excluding hydrogens is 210 g/mol. The predicted molar refractivity (Wildman–Crippen MR) is 68.8 cm³/mol. The van der Waals surface area contributed by atoms with Crippen LogP contribution >= 0.6 is 0 Å². The standard InChI is InChI=1S/C14H21N3/c1-2-7-16-13(6-1)14(12-4-3-5-12)17-10-8-15-9-11-17/h1-2,6-7,12,14-15H,3-5,8-11H2/t14-/m1/s1. The van der Waals surface area contributed by atoms with Gasteiger partial charge in [0.15, 0.2) is 0 Å². The minimum atomic E-state index is 0.562. The molecule has 2 aliphatic rings. The van der Waals surface area contributed by atoms with Crippen molar-refractivity contribution in [3.05, 3.63) is 30.1 Å². The van der Waals surface area contributed by atoms with E-state index in [1.165, 1.54) is 25.0 Å². The molecule has 3 rings (SSSR count). The Hall–Kier alpha value is -0.930. The van der Waals surface area contributed by atoms with Crippen LogP contribution in [0.1, 0.15) is 31.0 Å². The zero-order valence-corrected chi connectivity index (χ0v) is 10.3. The van der Waals surface area contributed by atoms with Gasteiger partial charge in [-0.2, -0.15) is 0 Å². The third-order valence-electron chi connectivity index (χ3n) is 4.13. The third-order valence-corrected chi connectivity index (χ3v) is 4.13. The minimum Gasteiger partial charge on any atom is -0.314 e. The Morgan fingerprint density at radius 3 is 2.65 bits per heavy atom. The Balaban J connectivity index is 1.80. The van der Waals surface area contributed by atoms with Gasteiger partial charge >= 0.3 is 0 Å². The lowest BCUT2D eigenvalue weighted by Gasteiger charge is -2.42. The molecule has 0 unspecified atom stereocenters. The predicted octanol–water partition coefficient (Wildman–Crippen LogP) is 1.83. The summed E-state index contributed by atoms with van der Waals surface area (Å²) in [6, 6.07) is 6.90. The van der Waals surface area contributed by atoms with Crippen molar-refractivity contribution < 1.29 is 0 Å². The number of piperazine rings is 1. The van der Waals surface area contributed by atoms with Crippen LogP contribution in [0.5, 0.6) is 0 Å². The Bertz CT molecular complexity index is 342. The maximum atomic E-state index is 4.60. The highest BCUT2D eigenvalue weighted by Crippen LogP contribution is 2.40. The van der Waals surface area contributed by atoms with Crippen LogP contribution in [-0.4, -0.2) is 36.1 Å². The summed E-state index contributed by atoms with van der Waals surface area (Å²) in [5.74, 6) is 0.836. The molecule has 1 aliphatic heterocycles. The smallest absolute Gasteiger partial charge is 0.0578 e.